The summed E-state index contributed by atoms with van der Waals surface area (Å²) in [5.74, 6) is 0.721. The summed E-state index contributed by atoms with van der Waals surface area (Å²) in [6.45, 7) is 4.77. The first kappa shape index (κ1) is 13.7. The van der Waals surface area contributed by atoms with Crippen LogP contribution in [0.4, 0.5) is 0 Å². The average Bonchev–Trinajstić information content (AvgIpc) is 2.93. The van der Waals surface area contributed by atoms with E-state index >= 15 is 0 Å². The summed E-state index contributed by atoms with van der Waals surface area (Å²) in [5.41, 5.74) is 2.28. The van der Waals surface area contributed by atoms with Crippen LogP contribution in [0.1, 0.15) is 35.9 Å². The van der Waals surface area contributed by atoms with E-state index in [1.54, 1.807) is 6.20 Å². The molecule has 1 aliphatic rings. The number of likely N-dealkylation sites (tertiary alicyclic amines) is 1. The Kier molecular flexibility index (Phi) is 3.69. The molecule has 1 aromatic carbocycles. The van der Waals surface area contributed by atoms with Crippen LogP contribution in [0.5, 0.6) is 0 Å². The van der Waals surface area contributed by atoms with Gasteiger partial charge >= 0.3 is 0 Å². The Morgan fingerprint density at radius 3 is 2.71 bits per heavy atom. The molecule has 3 rings (SSSR count). The van der Waals surface area contributed by atoms with E-state index in [1.165, 1.54) is 0 Å². The summed E-state index contributed by atoms with van der Waals surface area (Å²) in [6, 6.07) is 10.1. The molecule has 1 aliphatic heterocycles. The third kappa shape index (κ3) is 2.66. The zero-order valence-corrected chi connectivity index (χ0v) is 12.4. The van der Waals surface area contributed by atoms with Crippen molar-refractivity contribution in [2.45, 2.75) is 32.7 Å². The molecule has 2 heterocycles. The molecule has 0 N–H and O–H groups in total. The Morgan fingerprint density at radius 1 is 1.29 bits per heavy atom. The molecular weight excluding hydrogens is 262 g/mol. The first-order chi connectivity index (χ1) is 10.2. The average molecular weight is 281 g/mol. The highest BCUT2D eigenvalue weighted by atomic mass is 16.2. The normalized spacial score (nSPS) is 18.0. The van der Waals surface area contributed by atoms with Gasteiger partial charge < -0.3 is 4.90 Å². The molecule has 108 valence electrons. The monoisotopic (exact) mass is 281 g/mol. The maximum absolute atomic E-state index is 12.8. The van der Waals surface area contributed by atoms with E-state index in [-0.39, 0.29) is 5.91 Å². The summed E-state index contributed by atoms with van der Waals surface area (Å²) in [4.78, 5) is 23.5. The summed E-state index contributed by atoms with van der Waals surface area (Å²) in [6.07, 6.45) is 3.80. The van der Waals surface area contributed by atoms with E-state index in [0.29, 0.717) is 17.4 Å². The van der Waals surface area contributed by atoms with E-state index in [0.717, 1.165) is 30.6 Å². The number of carbonyl (C=O) groups excluding carboxylic acids is 1. The minimum atomic E-state index is 0.0406. The van der Waals surface area contributed by atoms with Gasteiger partial charge in [-0.15, -0.1) is 0 Å². The smallest absolute Gasteiger partial charge is 0.257 e. The first-order valence-corrected chi connectivity index (χ1v) is 7.37. The highest BCUT2D eigenvalue weighted by Gasteiger charge is 2.28. The molecule has 0 aliphatic carbocycles. The molecule has 1 saturated heterocycles. The summed E-state index contributed by atoms with van der Waals surface area (Å²) in [7, 11) is 0. The Labute approximate surface area is 124 Å². The third-order valence-corrected chi connectivity index (χ3v) is 4.00. The minimum Gasteiger partial charge on any atom is -0.336 e. The van der Waals surface area contributed by atoms with Gasteiger partial charge in [-0.1, -0.05) is 30.3 Å². The van der Waals surface area contributed by atoms with Crippen LogP contribution in [0.2, 0.25) is 0 Å². The molecule has 0 bridgehead atoms. The van der Waals surface area contributed by atoms with Gasteiger partial charge in [0.05, 0.1) is 11.3 Å². The molecule has 0 saturated carbocycles. The van der Waals surface area contributed by atoms with Crippen molar-refractivity contribution in [1.82, 2.24) is 14.9 Å². The van der Waals surface area contributed by atoms with Crippen LogP contribution in [0, 0.1) is 6.92 Å². The fourth-order valence-electron chi connectivity index (χ4n) is 2.83. The zero-order valence-electron chi connectivity index (χ0n) is 12.4. The third-order valence-electron chi connectivity index (χ3n) is 4.00. The van der Waals surface area contributed by atoms with Crippen molar-refractivity contribution in [2.24, 2.45) is 0 Å². The van der Waals surface area contributed by atoms with Crippen LogP contribution < -0.4 is 0 Å². The molecule has 1 atom stereocenters. The predicted molar refractivity (Wildman–Crippen MR) is 81.9 cm³/mol. The standard InChI is InChI=1S/C17H19N3O/c1-12-7-6-10-20(12)17(21)15-11-18-13(2)19-16(15)14-8-4-3-5-9-14/h3-5,8-9,11-12H,6-7,10H2,1-2H3. The molecule has 21 heavy (non-hydrogen) atoms. The van der Waals surface area contributed by atoms with Gasteiger partial charge in [-0.2, -0.15) is 0 Å². The molecule has 4 nitrogen and oxygen atoms in total. The molecule has 1 unspecified atom stereocenters. The molecule has 1 aromatic heterocycles. The van der Waals surface area contributed by atoms with Crippen LogP contribution in [0.15, 0.2) is 36.5 Å². The highest BCUT2D eigenvalue weighted by Crippen LogP contribution is 2.25. The van der Waals surface area contributed by atoms with Crippen molar-refractivity contribution in [3.63, 3.8) is 0 Å². The van der Waals surface area contributed by atoms with Gasteiger partial charge in [-0.3, -0.25) is 4.79 Å². The number of benzene rings is 1. The SMILES string of the molecule is Cc1ncc(C(=O)N2CCCC2C)c(-c2ccccc2)n1. The second-order valence-electron chi connectivity index (χ2n) is 5.54. The summed E-state index contributed by atoms with van der Waals surface area (Å²) >= 11 is 0. The van der Waals surface area contributed by atoms with Crippen molar-refractivity contribution < 1.29 is 4.79 Å². The molecule has 1 amide bonds. The zero-order chi connectivity index (χ0) is 14.8. The Balaban J connectivity index is 2.04. The van der Waals surface area contributed by atoms with Gasteiger partial charge in [-0.25, -0.2) is 9.97 Å². The van der Waals surface area contributed by atoms with Crippen LogP contribution >= 0.6 is 0 Å². The maximum Gasteiger partial charge on any atom is 0.257 e. The molecular formula is C17H19N3O. The van der Waals surface area contributed by atoms with Gasteiger partial charge in [-0.05, 0) is 26.7 Å². The van der Waals surface area contributed by atoms with Gasteiger partial charge in [0.25, 0.3) is 5.91 Å². The van der Waals surface area contributed by atoms with Crippen LogP contribution in [0.25, 0.3) is 11.3 Å². The van der Waals surface area contributed by atoms with E-state index in [1.807, 2.05) is 42.2 Å². The van der Waals surface area contributed by atoms with Crippen molar-refractivity contribution in [3.05, 3.63) is 47.9 Å². The van der Waals surface area contributed by atoms with E-state index in [9.17, 15) is 4.79 Å². The first-order valence-electron chi connectivity index (χ1n) is 7.37. The van der Waals surface area contributed by atoms with Crippen molar-refractivity contribution in [2.75, 3.05) is 6.54 Å². The number of carbonyl (C=O) groups is 1. The van der Waals surface area contributed by atoms with Crippen LogP contribution in [-0.4, -0.2) is 33.4 Å². The molecule has 4 heteroatoms. The number of nitrogens with zero attached hydrogens (tertiary/aromatic N) is 3. The molecule has 1 fully saturated rings. The largest absolute Gasteiger partial charge is 0.336 e. The number of aryl methyl sites for hydroxylation is 1. The van der Waals surface area contributed by atoms with Crippen molar-refractivity contribution in [1.29, 1.82) is 0 Å². The van der Waals surface area contributed by atoms with E-state index in [2.05, 4.69) is 16.9 Å². The molecule has 2 aromatic rings. The van der Waals surface area contributed by atoms with E-state index in [4.69, 9.17) is 0 Å². The van der Waals surface area contributed by atoms with Crippen LogP contribution in [0.3, 0.4) is 0 Å². The van der Waals surface area contributed by atoms with Crippen molar-refractivity contribution >= 4 is 5.91 Å². The number of aromatic nitrogens is 2. The molecule has 0 radical (unpaired) electrons. The number of hydrogen-bond donors (Lipinski definition) is 0. The maximum atomic E-state index is 12.8. The Morgan fingerprint density at radius 2 is 2.05 bits per heavy atom. The van der Waals surface area contributed by atoms with E-state index < -0.39 is 0 Å². The highest BCUT2D eigenvalue weighted by molar-refractivity contribution is 5.99. The van der Waals surface area contributed by atoms with Gasteiger partial charge in [0.2, 0.25) is 0 Å². The quantitative estimate of drug-likeness (QED) is 0.850. The lowest BCUT2D eigenvalue weighted by Gasteiger charge is -2.22. The second kappa shape index (κ2) is 5.64. The van der Waals surface area contributed by atoms with Gasteiger partial charge in [0.15, 0.2) is 0 Å². The second-order valence-corrected chi connectivity index (χ2v) is 5.54. The number of hydrogen-bond acceptors (Lipinski definition) is 3. The van der Waals surface area contributed by atoms with Crippen LogP contribution in [-0.2, 0) is 0 Å². The van der Waals surface area contributed by atoms with Gasteiger partial charge in [0, 0.05) is 24.3 Å². The topological polar surface area (TPSA) is 46.1 Å². The number of rotatable bonds is 2. The fraction of sp³-hybridized carbons (Fsp3) is 0.353. The lowest BCUT2D eigenvalue weighted by molar-refractivity contribution is 0.0747. The lowest BCUT2D eigenvalue weighted by Crippen LogP contribution is -2.34. The summed E-state index contributed by atoms with van der Waals surface area (Å²) < 4.78 is 0. The fourth-order valence-corrected chi connectivity index (χ4v) is 2.83. The number of amides is 1. The Bertz CT molecular complexity index is 654. The van der Waals surface area contributed by atoms with Gasteiger partial charge in [0.1, 0.15) is 5.82 Å². The molecule has 0 spiro atoms. The minimum absolute atomic E-state index is 0.0406. The Hall–Kier alpha value is -2.23. The summed E-state index contributed by atoms with van der Waals surface area (Å²) in [5, 5.41) is 0. The van der Waals surface area contributed by atoms with Crippen molar-refractivity contribution in [3.8, 4) is 11.3 Å². The predicted octanol–water partition coefficient (Wildman–Crippen LogP) is 3.08. The lowest BCUT2D eigenvalue weighted by atomic mass is 10.1.